The Labute approximate surface area is 75.9 Å². The highest BCUT2D eigenvalue weighted by Gasteiger charge is 2.33. The van der Waals surface area contributed by atoms with E-state index in [1.165, 1.54) is 6.42 Å². The van der Waals surface area contributed by atoms with E-state index in [1.807, 2.05) is 6.92 Å². The molecule has 1 N–H and O–H groups in total. The van der Waals surface area contributed by atoms with Gasteiger partial charge in [0.05, 0.1) is 4.83 Å². The van der Waals surface area contributed by atoms with Crippen LogP contribution in [0.25, 0.3) is 0 Å². The van der Waals surface area contributed by atoms with Crippen LogP contribution in [0.4, 0.5) is 0 Å². The fourth-order valence-corrected chi connectivity index (χ4v) is 1.34. The summed E-state index contributed by atoms with van der Waals surface area (Å²) in [5.74, 6) is 0.104. The molecule has 1 unspecified atom stereocenters. The van der Waals surface area contributed by atoms with Crippen LogP contribution in [0.2, 0.25) is 0 Å². The van der Waals surface area contributed by atoms with Crippen molar-refractivity contribution in [1.29, 1.82) is 0 Å². The van der Waals surface area contributed by atoms with Crippen LogP contribution in [0.3, 0.4) is 0 Å². The maximum atomic E-state index is 11.2. The van der Waals surface area contributed by atoms with Gasteiger partial charge >= 0.3 is 0 Å². The van der Waals surface area contributed by atoms with Crippen molar-refractivity contribution in [3.05, 3.63) is 0 Å². The summed E-state index contributed by atoms with van der Waals surface area (Å²) >= 11 is 3.23. The normalized spacial score (nSPS) is 23.5. The monoisotopic (exact) mass is 219 g/mol. The van der Waals surface area contributed by atoms with Gasteiger partial charge in [0.1, 0.15) is 0 Å². The van der Waals surface area contributed by atoms with E-state index in [4.69, 9.17) is 0 Å². The van der Waals surface area contributed by atoms with Crippen molar-refractivity contribution >= 4 is 21.8 Å². The Hall–Kier alpha value is -0.0500. The molecule has 0 saturated heterocycles. The van der Waals surface area contributed by atoms with Gasteiger partial charge in [0.25, 0.3) is 0 Å². The summed E-state index contributed by atoms with van der Waals surface area (Å²) in [6.45, 7) is 3.95. The first kappa shape index (κ1) is 9.04. The Balaban J connectivity index is 2.35. The molecule has 0 radical (unpaired) electrons. The second-order valence-corrected chi connectivity index (χ2v) is 4.89. The molecule has 1 saturated carbocycles. The lowest BCUT2D eigenvalue weighted by Crippen LogP contribution is -2.52. The van der Waals surface area contributed by atoms with E-state index in [9.17, 15) is 4.79 Å². The second kappa shape index (κ2) is 3.13. The summed E-state index contributed by atoms with van der Waals surface area (Å²) in [4.78, 5) is 11.1. The van der Waals surface area contributed by atoms with Crippen LogP contribution in [0.1, 0.15) is 33.1 Å². The van der Waals surface area contributed by atoms with Gasteiger partial charge in [-0.15, -0.1) is 0 Å². The molecule has 1 aliphatic rings. The number of carbonyl (C=O) groups excluding carboxylic acids is 1. The van der Waals surface area contributed by atoms with E-state index in [0.29, 0.717) is 0 Å². The molecule has 0 heterocycles. The summed E-state index contributed by atoms with van der Waals surface area (Å²) < 4.78 is 0. The summed E-state index contributed by atoms with van der Waals surface area (Å²) in [6.07, 6.45) is 3.49. The molecule has 0 bridgehead atoms. The van der Waals surface area contributed by atoms with Crippen LogP contribution in [0.5, 0.6) is 0 Å². The van der Waals surface area contributed by atoms with Gasteiger partial charge in [-0.1, -0.05) is 15.9 Å². The number of alkyl halides is 1. The molecule has 1 amide bonds. The van der Waals surface area contributed by atoms with Gasteiger partial charge in [-0.05, 0) is 33.1 Å². The van der Waals surface area contributed by atoms with Crippen molar-refractivity contribution < 1.29 is 4.79 Å². The number of hydrogen-bond acceptors (Lipinski definition) is 1. The minimum absolute atomic E-state index is 0.0695. The zero-order valence-electron chi connectivity index (χ0n) is 6.98. The van der Waals surface area contributed by atoms with Crippen molar-refractivity contribution in [3.8, 4) is 0 Å². The fraction of sp³-hybridized carbons (Fsp3) is 0.875. The number of hydrogen-bond donors (Lipinski definition) is 1. The first-order valence-electron chi connectivity index (χ1n) is 4.00. The topological polar surface area (TPSA) is 29.1 Å². The van der Waals surface area contributed by atoms with E-state index in [2.05, 4.69) is 28.2 Å². The molecule has 64 valence electrons. The van der Waals surface area contributed by atoms with Crippen molar-refractivity contribution in [2.75, 3.05) is 0 Å². The van der Waals surface area contributed by atoms with Crippen molar-refractivity contribution in [2.24, 2.45) is 0 Å². The van der Waals surface area contributed by atoms with Crippen molar-refractivity contribution in [2.45, 2.75) is 43.5 Å². The summed E-state index contributed by atoms with van der Waals surface area (Å²) in [5, 5.41) is 3.01. The molecule has 2 nitrogen and oxygen atoms in total. The predicted octanol–water partition coefficient (Wildman–Crippen LogP) is 1.83. The number of nitrogens with one attached hydrogen (secondary N) is 1. The first-order chi connectivity index (χ1) is 5.03. The highest BCUT2D eigenvalue weighted by atomic mass is 79.9. The van der Waals surface area contributed by atoms with Crippen LogP contribution in [-0.4, -0.2) is 16.3 Å². The molecule has 0 aliphatic heterocycles. The van der Waals surface area contributed by atoms with Gasteiger partial charge in [-0.3, -0.25) is 4.79 Å². The Kier molecular flexibility index (Phi) is 2.58. The summed E-state index contributed by atoms with van der Waals surface area (Å²) in [5.41, 5.74) is 0.0963. The van der Waals surface area contributed by atoms with Gasteiger partial charge in [0.15, 0.2) is 0 Å². The van der Waals surface area contributed by atoms with Crippen LogP contribution < -0.4 is 5.32 Å². The zero-order valence-corrected chi connectivity index (χ0v) is 8.57. The van der Waals surface area contributed by atoms with Crippen molar-refractivity contribution in [3.63, 3.8) is 0 Å². The molecule has 0 aromatic heterocycles. The summed E-state index contributed by atoms with van der Waals surface area (Å²) in [7, 11) is 0. The molecule has 1 rings (SSSR count). The highest BCUT2D eigenvalue weighted by molar-refractivity contribution is 9.10. The lowest BCUT2D eigenvalue weighted by atomic mass is 9.78. The molecule has 1 fully saturated rings. The molecule has 0 spiro atoms. The van der Waals surface area contributed by atoms with Gasteiger partial charge in [0, 0.05) is 5.54 Å². The van der Waals surface area contributed by atoms with Crippen molar-refractivity contribution in [1.82, 2.24) is 5.32 Å². The average Bonchev–Trinajstić information content (AvgIpc) is 1.84. The molecule has 3 heteroatoms. The molecule has 11 heavy (non-hydrogen) atoms. The van der Waals surface area contributed by atoms with Gasteiger partial charge in [-0.25, -0.2) is 0 Å². The van der Waals surface area contributed by atoms with Crippen LogP contribution in [-0.2, 0) is 4.79 Å². The third-order valence-electron chi connectivity index (χ3n) is 2.24. The number of rotatable bonds is 2. The molecule has 1 atom stereocenters. The van der Waals surface area contributed by atoms with Gasteiger partial charge in [0.2, 0.25) is 5.91 Å². The number of amides is 1. The molecular formula is C8H14BrNO. The first-order valence-corrected chi connectivity index (χ1v) is 4.91. The average molecular weight is 220 g/mol. The maximum absolute atomic E-state index is 11.2. The van der Waals surface area contributed by atoms with Crippen LogP contribution in [0, 0.1) is 0 Å². The largest absolute Gasteiger partial charge is 0.350 e. The smallest absolute Gasteiger partial charge is 0.233 e. The highest BCUT2D eigenvalue weighted by Crippen LogP contribution is 2.31. The Morgan fingerprint density at radius 1 is 1.64 bits per heavy atom. The SMILES string of the molecule is CC(Br)C(=O)NC1(C)CCC1. The number of carbonyl (C=O) groups is 1. The lowest BCUT2D eigenvalue weighted by molar-refractivity contribution is -0.122. The number of halogens is 1. The van der Waals surface area contributed by atoms with E-state index < -0.39 is 0 Å². The molecule has 0 aromatic rings. The van der Waals surface area contributed by atoms with Gasteiger partial charge in [-0.2, -0.15) is 0 Å². The van der Waals surface area contributed by atoms with Crippen LogP contribution >= 0.6 is 15.9 Å². The minimum atomic E-state index is -0.0695. The van der Waals surface area contributed by atoms with E-state index >= 15 is 0 Å². The lowest BCUT2D eigenvalue weighted by Gasteiger charge is -2.39. The molecular weight excluding hydrogens is 206 g/mol. The predicted molar refractivity (Wildman–Crippen MR) is 48.8 cm³/mol. The molecule has 0 aromatic carbocycles. The van der Waals surface area contributed by atoms with Gasteiger partial charge < -0.3 is 5.32 Å². The maximum Gasteiger partial charge on any atom is 0.233 e. The zero-order chi connectivity index (χ0) is 8.48. The minimum Gasteiger partial charge on any atom is -0.350 e. The standard InChI is InChI=1S/C8H14BrNO/c1-6(9)7(11)10-8(2)4-3-5-8/h6H,3-5H2,1-2H3,(H,10,11). The van der Waals surface area contributed by atoms with Crippen LogP contribution in [0.15, 0.2) is 0 Å². The van der Waals surface area contributed by atoms with E-state index in [1.54, 1.807) is 0 Å². The third kappa shape index (κ3) is 2.19. The second-order valence-electron chi connectivity index (χ2n) is 3.52. The molecule has 1 aliphatic carbocycles. The van der Waals surface area contributed by atoms with E-state index in [-0.39, 0.29) is 16.3 Å². The van der Waals surface area contributed by atoms with E-state index in [0.717, 1.165) is 12.8 Å². The Bertz CT molecular complexity index is 163. The quantitative estimate of drug-likeness (QED) is 0.706. The third-order valence-corrected chi connectivity index (χ3v) is 2.66. The summed E-state index contributed by atoms with van der Waals surface area (Å²) in [6, 6.07) is 0. The Morgan fingerprint density at radius 3 is 2.45 bits per heavy atom. The fourth-order valence-electron chi connectivity index (χ4n) is 1.23. The Morgan fingerprint density at radius 2 is 2.18 bits per heavy atom.